The normalized spacial score (nSPS) is 9.75. The fraction of sp³-hybridized carbons (Fsp3) is 1.00. The van der Waals surface area contributed by atoms with Crippen molar-refractivity contribution in [1.29, 1.82) is 0 Å². The summed E-state index contributed by atoms with van der Waals surface area (Å²) in [4.78, 5) is 0. The van der Waals surface area contributed by atoms with E-state index >= 15 is 0 Å². The second-order valence-electron chi connectivity index (χ2n) is 1.44. The van der Waals surface area contributed by atoms with Gasteiger partial charge in [0, 0.05) is 16.1 Å². The summed E-state index contributed by atoms with van der Waals surface area (Å²) in [5.41, 5.74) is 0. The van der Waals surface area contributed by atoms with Crippen LogP contribution in [0.4, 0.5) is 0 Å². The average molecular weight is 132 g/mol. The highest BCUT2D eigenvalue weighted by molar-refractivity contribution is 6.33. The number of ether oxygens (including phenoxy) is 1. The summed E-state index contributed by atoms with van der Waals surface area (Å²) < 4.78 is 4.98. The molecule has 0 spiro atoms. The van der Waals surface area contributed by atoms with Gasteiger partial charge >= 0.3 is 0 Å². The minimum atomic E-state index is 0.146. The lowest BCUT2D eigenvalue weighted by Gasteiger charge is -1.96. The molecule has 0 rings (SSSR count). The zero-order valence-corrected chi connectivity index (χ0v) is 6.18. The van der Waals surface area contributed by atoms with Gasteiger partial charge in [0.15, 0.2) is 0 Å². The Morgan fingerprint density at radius 2 is 2.25 bits per heavy atom. The Morgan fingerprint density at radius 3 is 2.75 bits per heavy atom. The molecule has 2 radical (unpaired) electrons. The summed E-state index contributed by atoms with van der Waals surface area (Å²) in [5.74, 6) is 0. The standard InChI is InChI=1S/C5H12O2Si/c1-8-5-4-7-3-2-6/h6H,2-5H2,1H3. The van der Waals surface area contributed by atoms with Crippen LogP contribution in [0, 0.1) is 0 Å². The van der Waals surface area contributed by atoms with E-state index < -0.39 is 0 Å². The van der Waals surface area contributed by atoms with Crippen molar-refractivity contribution in [3.05, 3.63) is 0 Å². The fourth-order valence-electron chi connectivity index (χ4n) is 0.341. The Kier molecular flexibility index (Phi) is 7.26. The fourth-order valence-corrected chi connectivity index (χ4v) is 0.689. The predicted octanol–water partition coefficient (Wildman–Crippen LogP) is 0.166. The summed E-state index contributed by atoms with van der Waals surface area (Å²) >= 11 is 0. The maximum absolute atomic E-state index is 8.24. The second kappa shape index (κ2) is 7.14. The van der Waals surface area contributed by atoms with Gasteiger partial charge in [-0.1, -0.05) is 6.55 Å². The van der Waals surface area contributed by atoms with Crippen LogP contribution in [0.5, 0.6) is 0 Å². The van der Waals surface area contributed by atoms with Crippen molar-refractivity contribution >= 4 is 9.52 Å². The number of aliphatic hydroxyl groups excluding tert-OH is 1. The highest BCUT2D eigenvalue weighted by Gasteiger charge is 1.83. The lowest BCUT2D eigenvalue weighted by atomic mass is 10.7. The minimum Gasteiger partial charge on any atom is -0.394 e. The number of hydrogen-bond acceptors (Lipinski definition) is 2. The predicted molar refractivity (Wildman–Crippen MR) is 34.3 cm³/mol. The van der Waals surface area contributed by atoms with E-state index in [4.69, 9.17) is 9.84 Å². The van der Waals surface area contributed by atoms with Crippen molar-refractivity contribution in [2.45, 2.75) is 12.6 Å². The summed E-state index contributed by atoms with van der Waals surface area (Å²) in [6, 6.07) is 1.12. The van der Waals surface area contributed by atoms with Gasteiger partial charge in [-0.05, 0) is 6.04 Å². The third-order valence-corrected chi connectivity index (χ3v) is 1.44. The first-order valence-electron chi connectivity index (χ1n) is 2.75. The Labute approximate surface area is 52.7 Å². The summed E-state index contributed by atoms with van der Waals surface area (Å²) in [7, 11) is 0.962. The molecule has 0 saturated carbocycles. The molecule has 0 saturated heterocycles. The maximum Gasteiger partial charge on any atom is 0.0697 e. The van der Waals surface area contributed by atoms with E-state index in [0.29, 0.717) is 6.61 Å². The molecule has 0 amide bonds. The van der Waals surface area contributed by atoms with E-state index in [2.05, 4.69) is 6.55 Å². The zero-order chi connectivity index (χ0) is 6.24. The molecule has 0 unspecified atom stereocenters. The first-order chi connectivity index (χ1) is 3.91. The van der Waals surface area contributed by atoms with E-state index in [1.54, 1.807) is 0 Å². The molecule has 0 aliphatic carbocycles. The number of hydrogen-bond donors (Lipinski definition) is 1. The van der Waals surface area contributed by atoms with Crippen LogP contribution in [0.3, 0.4) is 0 Å². The first kappa shape index (κ1) is 8.14. The molecular formula is C5H12O2Si. The van der Waals surface area contributed by atoms with Crippen LogP contribution >= 0.6 is 0 Å². The number of aliphatic hydroxyl groups is 1. The molecule has 1 N–H and O–H groups in total. The Morgan fingerprint density at radius 1 is 1.50 bits per heavy atom. The van der Waals surface area contributed by atoms with Gasteiger partial charge < -0.3 is 9.84 Å². The summed E-state index contributed by atoms with van der Waals surface area (Å²) in [6.45, 7) is 3.58. The maximum atomic E-state index is 8.24. The molecule has 0 atom stereocenters. The van der Waals surface area contributed by atoms with Crippen LogP contribution in [0.25, 0.3) is 0 Å². The highest BCUT2D eigenvalue weighted by Crippen LogP contribution is 1.79. The van der Waals surface area contributed by atoms with Gasteiger partial charge in [-0.2, -0.15) is 0 Å². The average Bonchev–Trinajstić information content (AvgIpc) is 1.81. The summed E-state index contributed by atoms with van der Waals surface area (Å²) in [5, 5.41) is 8.24. The molecule has 0 heterocycles. The highest BCUT2D eigenvalue weighted by atomic mass is 28.2. The lowest BCUT2D eigenvalue weighted by molar-refractivity contribution is 0.102. The molecule has 0 fully saturated rings. The van der Waals surface area contributed by atoms with Crippen molar-refractivity contribution in [2.24, 2.45) is 0 Å². The first-order valence-corrected chi connectivity index (χ1v) is 4.45. The molecule has 0 aliphatic heterocycles. The molecule has 8 heavy (non-hydrogen) atoms. The van der Waals surface area contributed by atoms with E-state index in [1.807, 2.05) is 0 Å². The van der Waals surface area contributed by atoms with Crippen molar-refractivity contribution in [3.63, 3.8) is 0 Å². The summed E-state index contributed by atoms with van der Waals surface area (Å²) in [6.07, 6.45) is 0. The molecule has 0 aromatic carbocycles. The van der Waals surface area contributed by atoms with Gasteiger partial charge in [0.2, 0.25) is 0 Å². The van der Waals surface area contributed by atoms with Crippen LogP contribution < -0.4 is 0 Å². The molecular weight excluding hydrogens is 120 g/mol. The van der Waals surface area contributed by atoms with Crippen LogP contribution in [-0.2, 0) is 4.74 Å². The van der Waals surface area contributed by atoms with E-state index in [1.165, 1.54) is 0 Å². The molecule has 0 aliphatic rings. The molecule has 0 aromatic rings. The van der Waals surface area contributed by atoms with E-state index in [9.17, 15) is 0 Å². The topological polar surface area (TPSA) is 29.5 Å². The molecule has 2 nitrogen and oxygen atoms in total. The van der Waals surface area contributed by atoms with Crippen LogP contribution in [0.1, 0.15) is 0 Å². The van der Waals surface area contributed by atoms with Crippen LogP contribution in [-0.4, -0.2) is 34.4 Å². The van der Waals surface area contributed by atoms with Crippen molar-refractivity contribution in [2.75, 3.05) is 19.8 Å². The SMILES string of the molecule is C[Si]CCOCCO. The molecule has 0 bridgehead atoms. The third kappa shape index (κ3) is 6.14. The Hall–Kier alpha value is 0.137. The van der Waals surface area contributed by atoms with Crippen LogP contribution in [0.15, 0.2) is 0 Å². The largest absolute Gasteiger partial charge is 0.394 e. The second-order valence-corrected chi connectivity index (χ2v) is 2.65. The molecule has 0 aromatic heterocycles. The van der Waals surface area contributed by atoms with Gasteiger partial charge in [0.1, 0.15) is 0 Å². The quantitative estimate of drug-likeness (QED) is 0.427. The Bertz CT molecular complexity index is 35.4. The van der Waals surface area contributed by atoms with Crippen molar-refractivity contribution in [1.82, 2.24) is 0 Å². The van der Waals surface area contributed by atoms with Gasteiger partial charge in [-0.15, -0.1) is 0 Å². The van der Waals surface area contributed by atoms with Gasteiger partial charge in [-0.25, -0.2) is 0 Å². The van der Waals surface area contributed by atoms with E-state index in [0.717, 1.165) is 22.2 Å². The van der Waals surface area contributed by atoms with Gasteiger partial charge in [-0.3, -0.25) is 0 Å². The third-order valence-electron chi connectivity index (χ3n) is 0.732. The molecule has 3 heteroatoms. The zero-order valence-electron chi connectivity index (χ0n) is 5.18. The van der Waals surface area contributed by atoms with Crippen LogP contribution in [0.2, 0.25) is 12.6 Å². The number of rotatable bonds is 5. The van der Waals surface area contributed by atoms with Gasteiger partial charge in [0.25, 0.3) is 0 Å². The minimum absolute atomic E-state index is 0.146. The smallest absolute Gasteiger partial charge is 0.0697 e. The van der Waals surface area contributed by atoms with E-state index in [-0.39, 0.29) is 6.61 Å². The molecule has 48 valence electrons. The lowest BCUT2D eigenvalue weighted by Crippen LogP contribution is -2.01. The van der Waals surface area contributed by atoms with Gasteiger partial charge in [0.05, 0.1) is 13.2 Å². The monoisotopic (exact) mass is 132 g/mol. The Balaban J connectivity index is 2.53. The van der Waals surface area contributed by atoms with Crippen molar-refractivity contribution < 1.29 is 9.84 Å². The van der Waals surface area contributed by atoms with Crippen molar-refractivity contribution in [3.8, 4) is 0 Å².